The predicted octanol–water partition coefficient (Wildman–Crippen LogP) is -0.267. The van der Waals surface area contributed by atoms with E-state index in [2.05, 4.69) is 30.0 Å². The second-order valence-electron chi connectivity index (χ2n) is 3.14. The third-order valence-electron chi connectivity index (χ3n) is 2.11. The van der Waals surface area contributed by atoms with Crippen LogP contribution in [0, 0.1) is 10.7 Å². The molecular formula is C8H7N7O3S. The van der Waals surface area contributed by atoms with Gasteiger partial charge >= 0.3 is 5.97 Å². The molecule has 0 atom stereocenters. The van der Waals surface area contributed by atoms with Crippen LogP contribution < -0.4 is 5.73 Å². The van der Waals surface area contributed by atoms with Crippen LogP contribution in [0.5, 0.6) is 0 Å². The summed E-state index contributed by atoms with van der Waals surface area (Å²) < 4.78 is 10.2. The Morgan fingerprint density at radius 2 is 2.42 bits per heavy atom. The van der Waals surface area contributed by atoms with Gasteiger partial charge in [0.25, 0.3) is 0 Å². The van der Waals surface area contributed by atoms with Crippen molar-refractivity contribution < 1.29 is 14.2 Å². The van der Waals surface area contributed by atoms with Crippen LogP contribution in [0.15, 0.2) is 4.63 Å². The molecule has 0 saturated carbocycles. The zero-order valence-corrected chi connectivity index (χ0v) is 10.4. The van der Waals surface area contributed by atoms with E-state index in [0.717, 1.165) is 11.8 Å². The number of hydrogen-bond acceptors (Lipinski definition) is 10. The monoisotopic (exact) mass is 281 g/mol. The van der Waals surface area contributed by atoms with E-state index in [9.17, 15) is 4.79 Å². The van der Waals surface area contributed by atoms with E-state index in [4.69, 9.17) is 11.0 Å². The van der Waals surface area contributed by atoms with Gasteiger partial charge in [-0.05, 0) is 22.1 Å². The highest BCUT2D eigenvalue weighted by Crippen LogP contribution is 2.20. The van der Waals surface area contributed by atoms with E-state index in [-0.39, 0.29) is 23.1 Å². The number of esters is 1. The zero-order chi connectivity index (χ0) is 13.8. The average Bonchev–Trinajstić information content (AvgIpc) is 3.01. The molecule has 0 spiro atoms. The maximum Gasteiger partial charge on any atom is 0.360 e. The molecule has 0 saturated heterocycles. The number of methoxy groups -OCH3 is 1. The van der Waals surface area contributed by atoms with E-state index in [1.807, 2.05) is 5.40 Å². The van der Waals surface area contributed by atoms with Gasteiger partial charge in [-0.3, -0.25) is 0 Å². The molecule has 2 heterocycles. The molecule has 0 aliphatic rings. The molecule has 98 valence electrons. The molecule has 0 bridgehead atoms. The maximum absolute atomic E-state index is 11.5. The Balaban J connectivity index is 2.50. The van der Waals surface area contributed by atoms with E-state index < -0.39 is 5.97 Å². The first kappa shape index (κ1) is 12.8. The Kier molecular flexibility index (Phi) is 3.62. The van der Waals surface area contributed by atoms with Crippen molar-refractivity contribution in [2.45, 2.75) is 5.75 Å². The minimum atomic E-state index is -0.671. The lowest BCUT2D eigenvalue weighted by molar-refractivity contribution is 0.0593. The fourth-order valence-electron chi connectivity index (χ4n) is 1.29. The molecule has 11 heteroatoms. The number of carbonyl (C=O) groups is 1. The zero-order valence-electron chi connectivity index (χ0n) is 9.60. The van der Waals surface area contributed by atoms with Crippen molar-refractivity contribution in [1.82, 2.24) is 25.3 Å². The fraction of sp³-hybridized carbons (Fsp3) is 0.250. The van der Waals surface area contributed by atoms with Crippen LogP contribution in [-0.2, 0) is 10.5 Å². The summed E-state index contributed by atoms with van der Waals surface area (Å²) >= 11 is 0.903. The third-order valence-corrected chi connectivity index (χ3v) is 2.66. The van der Waals surface area contributed by atoms with Crippen molar-refractivity contribution in [3.8, 4) is 11.2 Å². The summed E-state index contributed by atoms with van der Waals surface area (Å²) in [4.78, 5) is 11.5. The van der Waals surface area contributed by atoms with Gasteiger partial charge in [0, 0.05) is 0 Å². The SMILES string of the molecule is COC(=O)c1nnn(-c2nonc2N)c1CSC#N. The molecule has 2 N–H and O–H groups in total. The van der Waals surface area contributed by atoms with Gasteiger partial charge in [0.15, 0.2) is 5.69 Å². The van der Waals surface area contributed by atoms with E-state index >= 15 is 0 Å². The summed E-state index contributed by atoms with van der Waals surface area (Å²) in [6.45, 7) is 0. The van der Waals surface area contributed by atoms with Crippen LogP contribution in [0.25, 0.3) is 5.82 Å². The molecule has 0 aliphatic heterocycles. The summed E-state index contributed by atoms with van der Waals surface area (Å²) in [7, 11) is 1.22. The summed E-state index contributed by atoms with van der Waals surface area (Å²) in [5, 5.41) is 24.9. The molecule has 0 radical (unpaired) electrons. The number of hydrogen-bond donors (Lipinski definition) is 1. The number of rotatable bonds is 4. The van der Waals surface area contributed by atoms with Crippen molar-refractivity contribution >= 4 is 23.5 Å². The highest BCUT2D eigenvalue weighted by molar-refractivity contribution is 8.02. The van der Waals surface area contributed by atoms with Gasteiger partial charge < -0.3 is 10.5 Å². The lowest BCUT2D eigenvalue weighted by atomic mass is 10.3. The third kappa shape index (κ3) is 2.33. The Morgan fingerprint density at radius 3 is 3.00 bits per heavy atom. The Morgan fingerprint density at radius 1 is 1.63 bits per heavy atom. The number of anilines is 1. The summed E-state index contributed by atoms with van der Waals surface area (Å²) in [5.41, 5.74) is 5.84. The molecule has 2 aromatic rings. The van der Waals surface area contributed by atoms with Crippen molar-refractivity contribution in [3.63, 3.8) is 0 Å². The number of carbonyl (C=O) groups excluding carboxylic acids is 1. The molecule has 0 aromatic carbocycles. The number of nitrogen functional groups attached to an aromatic ring is 1. The Hall–Kier alpha value is -2.61. The van der Waals surface area contributed by atoms with Crippen molar-refractivity contribution in [2.75, 3.05) is 12.8 Å². The minimum Gasteiger partial charge on any atom is -0.464 e. The Labute approximate surface area is 110 Å². The van der Waals surface area contributed by atoms with Crippen LogP contribution in [0.2, 0.25) is 0 Å². The summed E-state index contributed by atoms with van der Waals surface area (Å²) in [6, 6.07) is 0. The first-order chi connectivity index (χ1) is 9.19. The lowest BCUT2D eigenvalue weighted by Crippen LogP contribution is -2.09. The van der Waals surface area contributed by atoms with Crippen molar-refractivity contribution in [3.05, 3.63) is 11.4 Å². The molecule has 0 unspecified atom stereocenters. The normalized spacial score (nSPS) is 10.1. The Bertz CT molecular complexity index is 643. The number of aromatic nitrogens is 5. The van der Waals surface area contributed by atoms with E-state index in [1.54, 1.807) is 0 Å². The maximum atomic E-state index is 11.5. The quantitative estimate of drug-likeness (QED) is 0.586. The van der Waals surface area contributed by atoms with Gasteiger partial charge in [-0.25, -0.2) is 9.42 Å². The van der Waals surface area contributed by atoms with Crippen molar-refractivity contribution in [2.24, 2.45) is 0 Å². The highest BCUT2D eigenvalue weighted by atomic mass is 32.2. The first-order valence-electron chi connectivity index (χ1n) is 4.81. The van der Waals surface area contributed by atoms with Gasteiger partial charge in [-0.2, -0.15) is 9.94 Å². The van der Waals surface area contributed by atoms with Gasteiger partial charge in [0.1, 0.15) is 5.40 Å². The minimum absolute atomic E-state index is 0.00970. The first-order valence-corrected chi connectivity index (χ1v) is 5.79. The number of nitriles is 1. The molecule has 0 fully saturated rings. The molecule has 10 nitrogen and oxygen atoms in total. The van der Waals surface area contributed by atoms with Crippen molar-refractivity contribution in [1.29, 1.82) is 5.26 Å². The molecule has 0 amide bonds. The number of thioether (sulfide) groups is 1. The number of nitrogens with zero attached hydrogens (tertiary/aromatic N) is 6. The molecule has 2 aromatic heterocycles. The topological polar surface area (TPSA) is 146 Å². The van der Waals surface area contributed by atoms with Crippen LogP contribution in [0.3, 0.4) is 0 Å². The van der Waals surface area contributed by atoms with Gasteiger partial charge in [-0.15, -0.1) is 5.10 Å². The fourth-order valence-corrected chi connectivity index (χ4v) is 1.76. The van der Waals surface area contributed by atoms with Gasteiger partial charge in [0.2, 0.25) is 11.6 Å². The van der Waals surface area contributed by atoms with Gasteiger partial charge in [-0.1, -0.05) is 5.21 Å². The summed E-state index contributed by atoms with van der Waals surface area (Å²) in [6.07, 6.45) is 0. The van der Waals surface area contributed by atoms with E-state index in [1.165, 1.54) is 11.8 Å². The largest absolute Gasteiger partial charge is 0.464 e. The average molecular weight is 281 g/mol. The summed E-state index contributed by atoms with van der Waals surface area (Å²) in [5.74, 6) is -0.434. The van der Waals surface area contributed by atoms with Crippen LogP contribution >= 0.6 is 11.8 Å². The van der Waals surface area contributed by atoms with Gasteiger partial charge in [0.05, 0.1) is 18.6 Å². The lowest BCUT2D eigenvalue weighted by Gasteiger charge is -2.01. The number of nitrogens with two attached hydrogens (primary N) is 1. The predicted molar refractivity (Wildman–Crippen MR) is 61.9 cm³/mol. The number of ether oxygens (including phenoxy) is 1. The molecule has 2 rings (SSSR count). The second kappa shape index (κ2) is 5.36. The standard InChI is InChI=1S/C8H7N7O3S/c1-17-8(16)5-4(2-19-3-9)15(14-11-5)7-6(10)12-18-13-7/h2H2,1H3,(H2,10,12). The van der Waals surface area contributed by atoms with Crippen LogP contribution in [0.1, 0.15) is 16.2 Å². The molecular weight excluding hydrogens is 274 g/mol. The highest BCUT2D eigenvalue weighted by Gasteiger charge is 2.24. The molecule has 19 heavy (non-hydrogen) atoms. The van der Waals surface area contributed by atoms with Crippen LogP contribution in [0.4, 0.5) is 5.82 Å². The number of thiocyanates is 1. The molecule has 0 aliphatic carbocycles. The second-order valence-corrected chi connectivity index (χ2v) is 3.90. The smallest absolute Gasteiger partial charge is 0.360 e. The van der Waals surface area contributed by atoms with Crippen LogP contribution in [-0.4, -0.2) is 38.4 Å². The van der Waals surface area contributed by atoms with E-state index in [0.29, 0.717) is 5.69 Å².